The van der Waals surface area contributed by atoms with Gasteiger partial charge >= 0.3 is 11.9 Å². The fourth-order valence-electron chi connectivity index (χ4n) is 2.24. The fraction of sp³-hybridized carbons (Fsp3) is 0.412. The molecule has 2 amide bonds. The molecule has 2 heterocycles. The Labute approximate surface area is 174 Å². The maximum atomic E-state index is 12.0. The molecular weight excluding hydrogens is 420 g/mol. The summed E-state index contributed by atoms with van der Waals surface area (Å²) in [5.74, 6) is -1.66. The number of amides is 2. The van der Waals surface area contributed by atoms with Crippen LogP contribution in [0, 0.1) is 13.8 Å². The molecule has 0 bridgehead atoms. The van der Waals surface area contributed by atoms with E-state index >= 15 is 0 Å². The molecule has 0 spiro atoms. The second-order valence-corrected chi connectivity index (χ2v) is 7.80. The van der Waals surface area contributed by atoms with E-state index in [1.54, 1.807) is 13.8 Å². The van der Waals surface area contributed by atoms with Crippen LogP contribution in [0.2, 0.25) is 0 Å². The first-order chi connectivity index (χ1) is 13.7. The van der Waals surface area contributed by atoms with Crippen LogP contribution in [0.25, 0.3) is 0 Å². The number of rotatable bonds is 8. The highest BCUT2D eigenvalue weighted by atomic mass is 32.1. The number of nitrogens with one attached hydrogen (secondary N) is 2. The lowest BCUT2D eigenvalue weighted by Gasteiger charge is -2.02. The van der Waals surface area contributed by atoms with Gasteiger partial charge in [-0.15, -0.1) is 0 Å². The lowest BCUT2D eigenvalue weighted by atomic mass is 10.2. The molecule has 2 N–H and O–H groups in total. The van der Waals surface area contributed by atoms with Crippen LogP contribution in [0.15, 0.2) is 0 Å². The van der Waals surface area contributed by atoms with Gasteiger partial charge in [0.2, 0.25) is 11.8 Å². The maximum absolute atomic E-state index is 12.0. The molecule has 29 heavy (non-hydrogen) atoms. The van der Waals surface area contributed by atoms with Crippen molar-refractivity contribution >= 4 is 56.7 Å². The molecule has 0 fully saturated rings. The number of anilines is 2. The highest BCUT2D eigenvalue weighted by molar-refractivity contribution is 7.18. The minimum atomic E-state index is -0.509. The Morgan fingerprint density at radius 1 is 0.793 bits per heavy atom. The van der Waals surface area contributed by atoms with Crippen molar-refractivity contribution in [1.29, 1.82) is 0 Å². The molecule has 0 aromatic carbocycles. The zero-order chi connectivity index (χ0) is 21.6. The SMILES string of the molecule is COC(=O)c1sc(NC(=O)CCCC(=O)Nc2nc(C)c(C(=O)OC)s2)nc1C. The Balaban J connectivity index is 1.79. The maximum Gasteiger partial charge on any atom is 0.350 e. The van der Waals surface area contributed by atoms with Crippen molar-refractivity contribution < 1.29 is 28.7 Å². The van der Waals surface area contributed by atoms with Crippen molar-refractivity contribution in [2.75, 3.05) is 24.9 Å². The second kappa shape index (κ2) is 10.1. The van der Waals surface area contributed by atoms with Crippen LogP contribution in [0.3, 0.4) is 0 Å². The van der Waals surface area contributed by atoms with Crippen LogP contribution in [0.4, 0.5) is 10.3 Å². The molecule has 156 valence electrons. The number of carbonyl (C=O) groups excluding carboxylic acids is 4. The van der Waals surface area contributed by atoms with Gasteiger partial charge in [-0.1, -0.05) is 22.7 Å². The van der Waals surface area contributed by atoms with E-state index in [4.69, 9.17) is 0 Å². The normalized spacial score (nSPS) is 10.3. The Kier molecular flexibility index (Phi) is 7.79. The van der Waals surface area contributed by atoms with Gasteiger partial charge in [0, 0.05) is 12.8 Å². The predicted molar refractivity (Wildman–Crippen MR) is 107 cm³/mol. The van der Waals surface area contributed by atoms with Gasteiger partial charge < -0.3 is 20.1 Å². The van der Waals surface area contributed by atoms with Crippen molar-refractivity contribution in [2.45, 2.75) is 33.1 Å². The van der Waals surface area contributed by atoms with Gasteiger partial charge in [-0.2, -0.15) is 0 Å². The third-order valence-electron chi connectivity index (χ3n) is 3.64. The van der Waals surface area contributed by atoms with Crippen LogP contribution in [0.5, 0.6) is 0 Å². The van der Waals surface area contributed by atoms with Crippen LogP contribution in [-0.2, 0) is 19.1 Å². The van der Waals surface area contributed by atoms with Gasteiger partial charge in [-0.25, -0.2) is 19.6 Å². The van der Waals surface area contributed by atoms with Crippen LogP contribution < -0.4 is 10.6 Å². The molecule has 0 saturated heterocycles. The van der Waals surface area contributed by atoms with E-state index < -0.39 is 11.9 Å². The zero-order valence-corrected chi connectivity index (χ0v) is 17.9. The molecule has 0 saturated carbocycles. The van der Waals surface area contributed by atoms with E-state index in [-0.39, 0.29) is 24.7 Å². The summed E-state index contributed by atoms with van der Waals surface area (Å²) >= 11 is 2.06. The summed E-state index contributed by atoms with van der Waals surface area (Å²) in [5, 5.41) is 5.80. The topological polar surface area (TPSA) is 137 Å². The number of hydrogen-bond donors (Lipinski definition) is 2. The summed E-state index contributed by atoms with van der Waals surface area (Å²) in [4.78, 5) is 56.0. The molecule has 0 aliphatic heterocycles. The molecule has 2 aromatic heterocycles. The summed E-state index contributed by atoms with van der Waals surface area (Å²) in [5.41, 5.74) is 0.947. The van der Waals surface area contributed by atoms with Gasteiger partial charge in [0.1, 0.15) is 9.75 Å². The molecule has 0 unspecified atom stereocenters. The molecular formula is C17H20N4O6S2. The Hall–Kier alpha value is -2.86. The number of aromatic nitrogens is 2. The van der Waals surface area contributed by atoms with Crippen molar-refractivity contribution in [3.8, 4) is 0 Å². The predicted octanol–water partition coefficient (Wildman–Crippen LogP) is 2.54. The minimum Gasteiger partial charge on any atom is -0.465 e. The van der Waals surface area contributed by atoms with Crippen molar-refractivity contribution in [2.24, 2.45) is 0 Å². The van der Waals surface area contributed by atoms with Crippen molar-refractivity contribution in [3.63, 3.8) is 0 Å². The van der Waals surface area contributed by atoms with Gasteiger partial charge in [-0.3, -0.25) is 9.59 Å². The standard InChI is InChI=1S/C17H20N4O6S2/c1-8-12(14(24)26-3)28-16(18-8)20-10(22)6-5-7-11(23)21-17-19-9(2)13(29-17)15(25)27-4/h5-7H2,1-4H3,(H,18,20,22)(H,19,21,23). The van der Waals surface area contributed by atoms with Crippen LogP contribution >= 0.6 is 22.7 Å². The Morgan fingerprint density at radius 2 is 1.17 bits per heavy atom. The molecule has 2 rings (SSSR count). The lowest BCUT2D eigenvalue weighted by Crippen LogP contribution is -2.14. The third kappa shape index (κ3) is 6.06. The second-order valence-electron chi connectivity index (χ2n) is 5.80. The average Bonchev–Trinajstić information content (AvgIpc) is 3.22. The number of hydrogen-bond acceptors (Lipinski definition) is 10. The van der Waals surface area contributed by atoms with Crippen LogP contribution in [0.1, 0.15) is 50.0 Å². The first-order valence-corrected chi connectivity index (χ1v) is 10.1. The lowest BCUT2D eigenvalue weighted by molar-refractivity contribution is -0.117. The largest absolute Gasteiger partial charge is 0.465 e. The monoisotopic (exact) mass is 440 g/mol. The number of thiazole rings is 2. The van der Waals surface area contributed by atoms with Gasteiger partial charge in [0.25, 0.3) is 0 Å². The summed E-state index contributed by atoms with van der Waals surface area (Å²) in [6.07, 6.45) is 0.508. The van der Waals surface area contributed by atoms with E-state index in [1.165, 1.54) is 14.2 Å². The number of ether oxygens (including phenoxy) is 2. The molecule has 2 aromatic rings. The summed E-state index contributed by atoms with van der Waals surface area (Å²) < 4.78 is 9.30. The summed E-state index contributed by atoms with van der Waals surface area (Å²) in [7, 11) is 2.54. The molecule has 0 aliphatic rings. The van der Waals surface area contributed by atoms with E-state index in [0.717, 1.165) is 22.7 Å². The molecule has 0 aliphatic carbocycles. The summed E-state index contributed by atoms with van der Waals surface area (Å²) in [6.45, 7) is 3.30. The van der Waals surface area contributed by atoms with Gasteiger partial charge in [0.05, 0.1) is 25.6 Å². The first kappa shape index (κ1) is 22.4. The smallest absolute Gasteiger partial charge is 0.350 e. The van der Waals surface area contributed by atoms with Gasteiger partial charge in [-0.05, 0) is 20.3 Å². The van der Waals surface area contributed by atoms with E-state index in [9.17, 15) is 19.2 Å². The number of nitrogens with zero attached hydrogens (tertiary/aromatic N) is 2. The Morgan fingerprint density at radius 3 is 1.52 bits per heavy atom. The summed E-state index contributed by atoms with van der Waals surface area (Å²) in [6, 6.07) is 0. The highest BCUT2D eigenvalue weighted by Crippen LogP contribution is 2.24. The van der Waals surface area contributed by atoms with Gasteiger partial charge in [0.15, 0.2) is 10.3 Å². The highest BCUT2D eigenvalue weighted by Gasteiger charge is 2.18. The molecule has 10 nitrogen and oxygen atoms in total. The van der Waals surface area contributed by atoms with E-state index in [1.807, 2.05) is 0 Å². The third-order valence-corrected chi connectivity index (χ3v) is 5.74. The molecule has 12 heteroatoms. The van der Waals surface area contributed by atoms with Crippen LogP contribution in [-0.4, -0.2) is 47.9 Å². The minimum absolute atomic E-state index is 0.101. The number of methoxy groups -OCH3 is 2. The Bertz CT molecular complexity index is 862. The fourth-order valence-corrected chi connectivity index (χ4v) is 4.04. The molecule has 0 atom stereocenters. The average molecular weight is 441 g/mol. The van der Waals surface area contributed by atoms with E-state index in [0.29, 0.717) is 37.8 Å². The number of carbonyl (C=O) groups is 4. The first-order valence-electron chi connectivity index (χ1n) is 8.46. The number of aryl methyl sites for hydroxylation is 2. The van der Waals surface area contributed by atoms with Crippen molar-refractivity contribution in [1.82, 2.24) is 9.97 Å². The quantitative estimate of drug-likeness (QED) is 0.598. The molecule has 0 radical (unpaired) electrons. The zero-order valence-electron chi connectivity index (χ0n) is 16.3. The number of esters is 2. The van der Waals surface area contributed by atoms with E-state index in [2.05, 4.69) is 30.1 Å². The van der Waals surface area contributed by atoms with Crippen molar-refractivity contribution in [3.05, 3.63) is 21.1 Å².